The van der Waals surface area contributed by atoms with Crippen LogP contribution < -0.4 is 11.1 Å². The molecule has 0 aliphatic heterocycles. The second-order valence-electron chi connectivity index (χ2n) is 9.64. The van der Waals surface area contributed by atoms with E-state index in [2.05, 4.69) is 10.3 Å². The van der Waals surface area contributed by atoms with Crippen LogP contribution in [-0.4, -0.2) is 40.0 Å². The molecule has 0 saturated heterocycles. The number of hydrogen-bond donors (Lipinski definition) is 3. The number of pyridine rings is 1. The molecule has 0 unspecified atom stereocenters. The monoisotopic (exact) mass is 461 g/mol. The van der Waals surface area contributed by atoms with E-state index < -0.39 is 23.8 Å². The lowest BCUT2D eigenvalue weighted by Crippen LogP contribution is -2.46. The van der Waals surface area contributed by atoms with Gasteiger partial charge in [0.25, 0.3) is 0 Å². The molecule has 0 radical (unpaired) electrons. The zero-order valence-corrected chi connectivity index (χ0v) is 20.1. The summed E-state index contributed by atoms with van der Waals surface area (Å²) in [4.78, 5) is 16.6. The van der Waals surface area contributed by atoms with Gasteiger partial charge in [0.05, 0.1) is 6.10 Å². The van der Waals surface area contributed by atoms with Gasteiger partial charge < -0.3 is 20.9 Å². The fraction of sp³-hybridized carbons (Fsp3) is 0.357. The van der Waals surface area contributed by atoms with Gasteiger partial charge in [0.15, 0.2) is 0 Å². The maximum Gasteiger partial charge on any atom is 0.407 e. The third-order valence-corrected chi connectivity index (χ3v) is 5.49. The molecule has 6 nitrogen and oxygen atoms in total. The number of aromatic nitrogens is 1. The highest BCUT2D eigenvalue weighted by atomic mass is 16.6. The summed E-state index contributed by atoms with van der Waals surface area (Å²) in [5, 5.41) is 13.8. The maximum absolute atomic E-state index is 12.4. The van der Waals surface area contributed by atoms with E-state index in [1.54, 1.807) is 6.20 Å². The lowest BCUT2D eigenvalue weighted by molar-refractivity contribution is 0.0475. The van der Waals surface area contributed by atoms with Gasteiger partial charge in [0, 0.05) is 24.5 Å². The molecule has 6 heteroatoms. The molecule has 0 aliphatic carbocycles. The quantitative estimate of drug-likeness (QED) is 0.436. The van der Waals surface area contributed by atoms with Crippen molar-refractivity contribution in [3.05, 3.63) is 90.3 Å². The largest absolute Gasteiger partial charge is 0.444 e. The second-order valence-corrected chi connectivity index (χ2v) is 9.64. The van der Waals surface area contributed by atoms with Crippen molar-refractivity contribution in [3.8, 4) is 11.1 Å². The fourth-order valence-corrected chi connectivity index (χ4v) is 3.81. The van der Waals surface area contributed by atoms with Crippen LogP contribution in [0.1, 0.15) is 38.3 Å². The minimum Gasteiger partial charge on any atom is -0.444 e. The molecule has 1 heterocycles. The number of benzene rings is 2. The van der Waals surface area contributed by atoms with Crippen molar-refractivity contribution in [2.24, 2.45) is 5.73 Å². The molecule has 180 valence electrons. The number of nitrogens with one attached hydrogen (secondary N) is 1. The Morgan fingerprint density at radius 3 is 2.26 bits per heavy atom. The SMILES string of the molecule is CC(C)(C)OC(=O)N[C@@H](Cc1ccccc1)C[C@H](O)[C@@H](N)Cc1ccc(-c2cccnc2)cc1. The lowest BCUT2D eigenvalue weighted by atomic mass is 9.94. The van der Waals surface area contributed by atoms with Crippen LogP contribution in [0.3, 0.4) is 0 Å². The summed E-state index contributed by atoms with van der Waals surface area (Å²) in [6.45, 7) is 5.47. The number of hydrogen-bond acceptors (Lipinski definition) is 5. The molecule has 4 N–H and O–H groups in total. The van der Waals surface area contributed by atoms with E-state index in [1.165, 1.54) is 0 Å². The Labute approximate surface area is 202 Å². The molecule has 3 aromatic rings. The van der Waals surface area contributed by atoms with Crippen molar-refractivity contribution in [2.45, 2.75) is 63.8 Å². The molecule has 1 aromatic heterocycles. The third-order valence-electron chi connectivity index (χ3n) is 5.49. The van der Waals surface area contributed by atoms with Crippen LogP contribution in [-0.2, 0) is 17.6 Å². The van der Waals surface area contributed by atoms with Crippen LogP contribution in [0.5, 0.6) is 0 Å². The number of nitrogens with zero attached hydrogens (tertiary/aromatic N) is 1. The number of rotatable bonds is 9. The highest BCUT2D eigenvalue weighted by Crippen LogP contribution is 2.20. The van der Waals surface area contributed by atoms with Gasteiger partial charge in [0.2, 0.25) is 0 Å². The molecule has 0 bridgehead atoms. The van der Waals surface area contributed by atoms with Gasteiger partial charge in [-0.3, -0.25) is 4.98 Å². The molecule has 3 rings (SSSR count). The topological polar surface area (TPSA) is 97.5 Å². The first-order chi connectivity index (χ1) is 16.2. The maximum atomic E-state index is 12.4. The number of carbonyl (C=O) groups is 1. The molecule has 34 heavy (non-hydrogen) atoms. The van der Waals surface area contributed by atoms with E-state index in [0.717, 1.165) is 22.3 Å². The van der Waals surface area contributed by atoms with E-state index in [9.17, 15) is 9.90 Å². The summed E-state index contributed by atoms with van der Waals surface area (Å²) in [6.07, 6.45) is 3.71. The number of aliphatic hydroxyl groups excluding tert-OH is 1. The first-order valence-corrected chi connectivity index (χ1v) is 11.7. The van der Waals surface area contributed by atoms with Crippen molar-refractivity contribution in [2.75, 3.05) is 0 Å². The third kappa shape index (κ3) is 8.28. The second kappa shape index (κ2) is 11.8. The van der Waals surface area contributed by atoms with Gasteiger partial charge >= 0.3 is 6.09 Å². The molecule has 0 spiro atoms. The summed E-state index contributed by atoms with van der Waals surface area (Å²) >= 11 is 0. The minimum atomic E-state index is -0.790. The summed E-state index contributed by atoms with van der Waals surface area (Å²) in [5.74, 6) is 0. The number of ether oxygens (including phenoxy) is 1. The highest BCUT2D eigenvalue weighted by molar-refractivity contribution is 5.68. The van der Waals surface area contributed by atoms with E-state index in [-0.39, 0.29) is 6.04 Å². The first kappa shape index (κ1) is 25.4. The predicted octanol–water partition coefficient (Wildman–Crippen LogP) is 4.51. The average Bonchev–Trinajstić information content (AvgIpc) is 2.79. The molecule has 0 saturated carbocycles. The van der Waals surface area contributed by atoms with Gasteiger partial charge in [-0.2, -0.15) is 0 Å². The Balaban J connectivity index is 1.62. The van der Waals surface area contributed by atoms with Crippen LogP contribution in [0.2, 0.25) is 0 Å². The van der Waals surface area contributed by atoms with Crippen LogP contribution in [0.25, 0.3) is 11.1 Å². The van der Waals surface area contributed by atoms with Crippen molar-refractivity contribution in [3.63, 3.8) is 0 Å². The van der Waals surface area contributed by atoms with E-state index in [4.69, 9.17) is 10.5 Å². The minimum absolute atomic E-state index is 0.314. The first-order valence-electron chi connectivity index (χ1n) is 11.7. The predicted molar refractivity (Wildman–Crippen MR) is 135 cm³/mol. The van der Waals surface area contributed by atoms with Gasteiger partial charge in [0.1, 0.15) is 5.60 Å². The standard InChI is InChI=1S/C28H35N3O3/c1-28(2,3)34-27(33)31-24(16-20-8-5-4-6-9-20)18-26(32)25(29)17-21-11-13-22(14-12-21)23-10-7-15-30-19-23/h4-15,19,24-26,32H,16-18,29H2,1-3H3,(H,31,33)/t24-,25-,26-/m0/s1. The Morgan fingerprint density at radius 1 is 0.971 bits per heavy atom. The number of amides is 1. The molecule has 0 aliphatic rings. The highest BCUT2D eigenvalue weighted by Gasteiger charge is 2.24. The van der Waals surface area contributed by atoms with Crippen LogP contribution >= 0.6 is 0 Å². The Bertz CT molecular complexity index is 1020. The lowest BCUT2D eigenvalue weighted by Gasteiger charge is -2.27. The van der Waals surface area contributed by atoms with Crippen molar-refractivity contribution >= 4 is 6.09 Å². The number of carbonyl (C=O) groups excluding carboxylic acids is 1. The molecule has 2 aromatic carbocycles. The Kier molecular flexibility index (Phi) is 8.79. The van der Waals surface area contributed by atoms with Crippen LogP contribution in [0, 0.1) is 0 Å². The zero-order valence-electron chi connectivity index (χ0n) is 20.1. The van der Waals surface area contributed by atoms with Crippen LogP contribution in [0.15, 0.2) is 79.1 Å². The Morgan fingerprint density at radius 2 is 1.65 bits per heavy atom. The molecule has 3 atom stereocenters. The zero-order chi connectivity index (χ0) is 24.6. The van der Waals surface area contributed by atoms with Crippen molar-refractivity contribution in [1.82, 2.24) is 10.3 Å². The average molecular weight is 462 g/mol. The number of nitrogens with two attached hydrogens (primary N) is 1. The van der Waals surface area contributed by atoms with Crippen LogP contribution in [0.4, 0.5) is 4.79 Å². The summed E-state index contributed by atoms with van der Waals surface area (Å²) in [5.41, 5.74) is 10.0. The van der Waals surface area contributed by atoms with Gasteiger partial charge in [-0.25, -0.2) is 4.79 Å². The number of alkyl carbamates (subject to hydrolysis) is 1. The molecule has 1 amide bonds. The van der Waals surface area contributed by atoms with Gasteiger partial charge in [-0.1, -0.05) is 60.7 Å². The Hall–Kier alpha value is -3.22. The summed E-state index contributed by atoms with van der Waals surface area (Å²) in [7, 11) is 0. The summed E-state index contributed by atoms with van der Waals surface area (Å²) in [6, 6.07) is 21.1. The van der Waals surface area contributed by atoms with E-state index in [0.29, 0.717) is 19.3 Å². The fourth-order valence-electron chi connectivity index (χ4n) is 3.81. The summed E-state index contributed by atoms with van der Waals surface area (Å²) < 4.78 is 5.42. The van der Waals surface area contributed by atoms with Gasteiger partial charge in [-0.15, -0.1) is 0 Å². The molecule has 0 fully saturated rings. The van der Waals surface area contributed by atoms with E-state index in [1.807, 2.05) is 93.7 Å². The smallest absolute Gasteiger partial charge is 0.407 e. The van der Waals surface area contributed by atoms with Crippen molar-refractivity contribution in [1.29, 1.82) is 0 Å². The molecular formula is C28H35N3O3. The number of aliphatic hydroxyl groups is 1. The van der Waals surface area contributed by atoms with E-state index >= 15 is 0 Å². The molecular weight excluding hydrogens is 426 g/mol. The van der Waals surface area contributed by atoms with Crippen molar-refractivity contribution < 1.29 is 14.6 Å². The normalized spacial score (nSPS) is 14.1. The van der Waals surface area contributed by atoms with Gasteiger partial charge in [-0.05, 0) is 68.4 Å².